The van der Waals surface area contributed by atoms with Crippen LogP contribution in [0.2, 0.25) is 0 Å². The first kappa shape index (κ1) is 15.7. The van der Waals surface area contributed by atoms with Gasteiger partial charge in [-0.1, -0.05) is 56.7 Å². The Kier molecular flexibility index (Phi) is 5.94. The second-order valence-electron chi connectivity index (χ2n) is 5.43. The first-order valence-corrected chi connectivity index (χ1v) is 7.82. The van der Waals surface area contributed by atoms with Gasteiger partial charge >= 0.3 is 0 Å². The molecule has 1 nitrogen and oxygen atoms in total. The summed E-state index contributed by atoms with van der Waals surface area (Å²) in [6, 6.07) is 15.7. The molecule has 0 heterocycles. The fourth-order valence-corrected chi connectivity index (χ4v) is 2.54. The maximum absolute atomic E-state index is 13.1. The lowest BCUT2D eigenvalue weighted by Gasteiger charge is -2.20. The number of nitrogens with one attached hydrogen (secondary N) is 1. The minimum atomic E-state index is -0.189. The molecule has 0 saturated carbocycles. The predicted molar refractivity (Wildman–Crippen MR) is 87.0 cm³/mol. The summed E-state index contributed by atoms with van der Waals surface area (Å²) < 4.78 is 13.1. The highest BCUT2D eigenvalue weighted by atomic mass is 19.1. The van der Waals surface area contributed by atoms with Gasteiger partial charge in [0, 0.05) is 0 Å². The molecule has 1 atom stereocenters. The molecule has 0 aliphatic rings. The van der Waals surface area contributed by atoms with Crippen LogP contribution in [0.3, 0.4) is 0 Å². The summed E-state index contributed by atoms with van der Waals surface area (Å²) in [5.41, 5.74) is 3.71. The van der Waals surface area contributed by atoms with Gasteiger partial charge in [-0.2, -0.15) is 0 Å². The van der Waals surface area contributed by atoms with Gasteiger partial charge in [0.25, 0.3) is 0 Å². The first-order valence-electron chi connectivity index (χ1n) is 7.82. The monoisotopic (exact) mass is 285 g/mol. The van der Waals surface area contributed by atoms with Crippen LogP contribution >= 0.6 is 0 Å². The summed E-state index contributed by atoms with van der Waals surface area (Å²) in [7, 11) is 0. The number of rotatable bonds is 7. The Bertz CT molecular complexity index is 530. The minimum Gasteiger partial charge on any atom is -0.306 e. The van der Waals surface area contributed by atoms with Crippen molar-refractivity contribution in [1.29, 1.82) is 0 Å². The maximum atomic E-state index is 13.1. The number of hydrogen-bond donors (Lipinski definition) is 1. The van der Waals surface area contributed by atoms with E-state index < -0.39 is 0 Å². The quantitative estimate of drug-likeness (QED) is 0.765. The Hall–Kier alpha value is -1.67. The largest absolute Gasteiger partial charge is 0.306 e. The van der Waals surface area contributed by atoms with E-state index in [9.17, 15) is 4.39 Å². The van der Waals surface area contributed by atoms with E-state index >= 15 is 0 Å². The molecule has 0 bridgehead atoms. The SMILES string of the molecule is CCCNC(c1ccc(F)cc1)c1ccc(CCC)cc1. The molecule has 2 rings (SSSR count). The predicted octanol–water partition coefficient (Wildman–Crippen LogP) is 4.87. The van der Waals surface area contributed by atoms with E-state index in [2.05, 4.69) is 43.4 Å². The molecule has 0 aromatic heterocycles. The van der Waals surface area contributed by atoms with Gasteiger partial charge in [0.1, 0.15) is 5.82 Å². The van der Waals surface area contributed by atoms with Crippen molar-refractivity contribution < 1.29 is 4.39 Å². The lowest BCUT2D eigenvalue weighted by atomic mass is 9.97. The third-order valence-electron chi connectivity index (χ3n) is 3.65. The average molecular weight is 285 g/mol. The van der Waals surface area contributed by atoms with Gasteiger partial charge in [-0.25, -0.2) is 4.39 Å². The third kappa shape index (κ3) is 4.40. The summed E-state index contributed by atoms with van der Waals surface area (Å²) in [5, 5.41) is 3.55. The molecule has 1 N–H and O–H groups in total. The maximum Gasteiger partial charge on any atom is 0.123 e. The van der Waals surface area contributed by atoms with Crippen LogP contribution in [-0.2, 0) is 6.42 Å². The smallest absolute Gasteiger partial charge is 0.123 e. The molecular formula is C19H24FN. The number of hydrogen-bond acceptors (Lipinski definition) is 1. The van der Waals surface area contributed by atoms with Crippen LogP contribution in [0.4, 0.5) is 4.39 Å². The molecule has 21 heavy (non-hydrogen) atoms. The van der Waals surface area contributed by atoms with Crippen LogP contribution in [0.5, 0.6) is 0 Å². The molecule has 1 unspecified atom stereocenters. The highest BCUT2D eigenvalue weighted by molar-refractivity contribution is 5.33. The molecule has 0 radical (unpaired) electrons. The van der Waals surface area contributed by atoms with Gasteiger partial charge in [-0.3, -0.25) is 0 Å². The van der Waals surface area contributed by atoms with E-state index in [1.54, 1.807) is 0 Å². The Balaban J connectivity index is 2.24. The third-order valence-corrected chi connectivity index (χ3v) is 3.65. The second kappa shape index (κ2) is 7.94. The minimum absolute atomic E-state index is 0.126. The van der Waals surface area contributed by atoms with Crippen molar-refractivity contribution in [3.63, 3.8) is 0 Å². The van der Waals surface area contributed by atoms with Crippen molar-refractivity contribution >= 4 is 0 Å². The summed E-state index contributed by atoms with van der Waals surface area (Å²) in [5.74, 6) is -0.189. The van der Waals surface area contributed by atoms with Crippen molar-refractivity contribution in [2.24, 2.45) is 0 Å². The van der Waals surface area contributed by atoms with Crippen LogP contribution in [0, 0.1) is 5.82 Å². The van der Waals surface area contributed by atoms with Gasteiger partial charge in [0.05, 0.1) is 6.04 Å². The first-order chi connectivity index (χ1) is 10.2. The molecule has 2 aromatic rings. The Morgan fingerprint density at radius 2 is 1.43 bits per heavy atom. The molecule has 0 fully saturated rings. The highest BCUT2D eigenvalue weighted by Gasteiger charge is 2.13. The molecular weight excluding hydrogens is 261 g/mol. The normalized spacial score (nSPS) is 12.3. The summed E-state index contributed by atoms with van der Waals surface area (Å²) in [6.45, 7) is 5.29. The van der Waals surface area contributed by atoms with Gasteiger partial charge in [-0.15, -0.1) is 0 Å². The van der Waals surface area contributed by atoms with Crippen LogP contribution in [-0.4, -0.2) is 6.54 Å². The topological polar surface area (TPSA) is 12.0 Å². The van der Waals surface area contributed by atoms with Gasteiger partial charge in [-0.05, 0) is 48.2 Å². The number of benzene rings is 2. The second-order valence-corrected chi connectivity index (χ2v) is 5.43. The average Bonchev–Trinajstić information content (AvgIpc) is 2.51. The van der Waals surface area contributed by atoms with Crippen LogP contribution < -0.4 is 5.32 Å². The molecule has 0 spiro atoms. The molecule has 112 valence electrons. The Morgan fingerprint density at radius 3 is 1.95 bits per heavy atom. The van der Waals surface area contributed by atoms with E-state index in [1.807, 2.05) is 12.1 Å². The van der Waals surface area contributed by atoms with Crippen LogP contribution in [0.25, 0.3) is 0 Å². The van der Waals surface area contributed by atoms with E-state index in [1.165, 1.54) is 23.3 Å². The lowest BCUT2D eigenvalue weighted by molar-refractivity contribution is 0.593. The van der Waals surface area contributed by atoms with Crippen molar-refractivity contribution in [3.05, 3.63) is 71.0 Å². The zero-order valence-corrected chi connectivity index (χ0v) is 12.9. The highest BCUT2D eigenvalue weighted by Crippen LogP contribution is 2.23. The zero-order valence-electron chi connectivity index (χ0n) is 12.9. The number of halogens is 1. The van der Waals surface area contributed by atoms with Gasteiger partial charge in [0.2, 0.25) is 0 Å². The van der Waals surface area contributed by atoms with Crippen molar-refractivity contribution in [2.75, 3.05) is 6.54 Å². The molecule has 0 amide bonds. The van der Waals surface area contributed by atoms with Gasteiger partial charge < -0.3 is 5.32 Å². The lowest BCUT2D eigenvalue weighted by Crippen LogP contribution is -2.23. The standard InChI is InChI=1S/C19H24FN/c1-3-5-15-6-8-16(9-7-15)19(21-14-4-2)17-10-12-18(20)13-11-17/h6-13,19,21H,3-5,14H2,1-2H3. The van der Waals surface area contributed by atoms with Crippen molar-refractivity contribution in [1.82, 2.24) is 5.32 Å². The van der Waals surface area contributed by atoms with E-state index in [0.29, 0.717) is 0 Å². The van der Waals surface area contributed by atoms with Crippen molar-refractivity contribution in [2.45, 2.75) is 39.2 Å². The van der Waals surface area contributed by atoms with E-state index in [0.717, 1.165) is 31.4 Å². The summed E-state index contributed by atoms with van der Waals surface area (Å²) >= 11 is 0. The molecule has 0 aliphatic heterocycles. The molecule has 2 heteroatoms. The zero-order chi connectivity index (χ0) is 15.1. The van der Waals surface area contributed by atoms with Crippen LogP contribution in [0.15, 0.2) is 48.5 Å². The summed E-state index contributed by atoms with van der Waals surface area (Å²) in [6.07, 6.45) is 3.35. The fraction of sp³-hybridized carbons (Fsp3) is 0.368. The Morgan fingerprint density at radius 1 is 0.857 bits per heavy atom. The van der Waals surface area contributed by atoms with Gasteiger partial charge in [0.15, 0.2) is 0 Å². The Labute approximate surface area is 127 Å². The molecule has 0 saturated heterocycles. The number of aryl methyl sites for hydroxylation is 1. The molecule has 0 aliphatic carbocycles. The summed E-state index contributed by atoms with van der Waals surface area (Å²) in [4.78, 5) is 0. The molecule has 2 aromatic carbocycles. The van der Waals surface area contributed by atoms with E-state index in [4.69, 9.17) is 0 Å². The van der Waals surface area contributed by atoms with Crippen LogP contribution in [0.1, 0.15) is 49.4 Å². The van der Waals surface area contributed by atoms with E-state index in [-0.39, 0.29) is 11.9 Å². The van der Waals surface area contributed by atoms with Crippen molar-refractivity contribution in [3.8, 4) is 0 Å². The fourth-order valence-electron chi connectivity index (χ4n) is 2.54.